The van der Waals surface area contributed by atoms with Crippen LogP contribution in [0.15, 0.2) is 30.3 Å². The van der Waals surface area contributed by atoms with Crippen molar-refractivity contribution in [2.45, 2.75) is 62.8 Å². The van der Waals surface area contributed by atoms with Gasteiger partial charge in [0.25, 0.3) is 0 Å². The minimum absolute atomic E-state index is 0.107. The van der Waals surface area contributed by atoms with E-state index in [0.717, 1.165) is 12.8 Å². The Morgan fingerprint density at radius 2 is 2.04 bits per heavy atom. The predicted molar refractivity (Wildman–Crippen MR) is 111 cm³/mol. The molecule has 0 saturated carbocycles. The van der Waals surface area contributed by atoms with Crippen molar-refractivity contribution in [2.24, 2.45) is 11.8 Å². The molecule has 0 N–H and O–H groups in total. The SMILES string of the molecule is CCOC(=O)[C@](C)(I)[C@@H]1O[C@H]([C@H](C)COCc2ccccc2)CC[C@H]1C. The molecule has 0 bridgehead atoms. The number of benzene rings is 1. The summed E-state index contributed by atoms with van der Waals surface area (Å²) < 4.78 is 16.9. The van der Waals surface area contributed by atoms with Crippen molar-refractivity contribution < 1.29 is 19.0 Å². The van der Waals surface area contributed by atoms with E-state index in [2.05, 4.69) is 48.6 Å². The zero-order chi connectivity index (χ0) is 19.2. The third kappa shape index (κ3) is 5.67. The Morgan fingerprint density at radius 1 is 1.35 bits per heavy atom. The molecule has 1 aliphatic heterocycles. The molecule has 0 unspecified atom stereocenters. The van der Waals surface area contributed by atoms with Crippen molar-refractivity contribution in [1.29, 1.82) is 0 Å². The lowest BCUT2D eigenvalue weighted by Gasteiger charge is -2.43. The van der Waals surface area contributed by atoms with Crippen molar-refractivity contribution in [3.05, 3.63) is 35.9 Å². The van der Waals surface area contributed by atoms with Crippen molar-refractivity contribution >= 4 is 28.6 Å². The monoisotopic (exact) mass is 474 g/mol. The number of hydrogen-bond acceptors (Lipinski definition) is 4. The molecule has 1 heterocycles. The topological polar surface area (TPSA) is 44.8 Å². The summed E-state index contributed by atoms with van der Waals surface area (Å²) >= 11 is 2.20. The second-order valence-corrected chi connectivity index (χ2v) is 9.66. The second-order valence-electron chi connectivity index (χ2n) is 7.42. The molecule has 5 heteroatoms. The number of carbonyl (C=O) groups excluding carboxylic acids is 1. The molecule has 0 aliphatic carbocycles. The Labute approximate surface area is 171 Å². The molecule has 1 saturated heterocycles. The number of rotatable bonds is 8. The standard InChI is InChI=1S/C21H31IO4/c1-5-25-20(23)21(4,22)19-15(2)11-12-18(26-19)16(3)13-24-14-17-9-7-6-8-10-17/h6-10,15-16,18-19H,5,11-14H2,1-4H3/t15-,16-,18+,19-,21-/m1/s1. The van der Waals surface area contributed by atoms with Gasteiger partial charge >= 0.3 is 5.97 Å². The fraction of sp³-hybridized carbons (Fsp3) is 0.667. The average molecular weight is 474 g/mol. The fourth-order valence-corrected chi connectivity index (χ4v) is 4.40. The van der Waals surface area contributed by atoms with Crippen LogP contribution in [0, 0.1) is 11.8 Å². The van der Waals surface area contributed by atoms with Crippen LogP contribution in [0.25, 0.3) is 0 Å². The molecule has 0 amide bonds. The maximum atomic E-state index is 12.4. The van der Waals surface area contributed by atoms with E-state index >= 15 is 0 Å². The zero-order valence-electron chi connectivity index (χ0n) is 16.2. The first-order chi connectivity index (χ1) is 12.4. The second kappa shape index (κ2) is 10.0. The van der Waals surface area contributed by atoms with Crippen LogP contribution in [0.4, 0.5) is 0 Å². The molecule has 1 aromatic rings. The van der Waals surface area contributed by atoms with Crippen molar-refractivity contribution in [3.63, 3.8) is 0 Å². The zero-order valence-corrected chi connectivity index (χ0v) is 18.4. The van der Waals surface area contributed by atoms with E-state index in [-0.39, 0.29) is 24.1 Å². The highest BCUT2D eigenvalue weighted by atomic mass is 127. The third-order valence-electron chi connectivity index (χ3n) is 5.08. The van der Waals surface area contributed by atoms with Crippen LogP contribution in [0.1, 0.15) is 46.1 Å². The summed E-state index contributed by atoms with van der Waals surface area (Å²) in [6.07, 6.45) is 2.02. The summed E-state index contributed by atoms with van der Waals surface area (Å²) in [5.74, 6) is 0.421. The molecule has 1 aliphatic rings. The quantitative estimate of drug-likeness (QED) is 0.309. The van der Waals surface area contributed by atoms with E-state index in [4.69, 9.17) is 14.2 Å². The van der Waals surface area contributed by atoms with Gasteiger partial charge in [-0.15, -0.1) is 0 Å². The van der Waals surface area contributed by atoms with Crippen molar-refractivity contribution in [3.8, 4) is 0 Å². The highest BCUT2D eigenvalue weighted by molar-refractivity contribution is 14.1. The lowest BCUT2D eigenvalue weighted by molar-refractivity contribution is -0.161. The summed E-state index contributed by atoms with van der Waals surface area (Å²) in [4.78, 5) is 12.4. The van der Waals surface area contributed by atoms with Crippen LogP contribution in [0.3, 0.4) is 0 Å². The van der Waals surface area contributed by atoms with E-state index < -0.39 is 3.42 Å². The number of carbonyl (C=O) groups is 1. The van der Waals surface area contributed by atoms with Crippen LogP contribution in [0.2, 0.25) is 0 Å². The summed E-state index contributed by atoms with van der Waals surface area (Å²) in [7, 11) is 0. The van der Waals surface area contributed by atoms with Gasteiger partial charge in [0, 0.05) is 5.92 Å². The van der Waals surface area contributed by atoms with Gasteiger partial charge in [-0.25, -0.2) is 0 Å². The number of esters is 1. The van der Waals surface area contributed by atoms with Gasteiger partial charge in [-0.2, -0.15) is 0 Å². The Kier molecular flexibility index (Phi) is 8.36. The first kappa shape index (κ1) is 21.6. The molecular formula is C21H31IO4. The van der Waals surface area contributed by atoms with E-state index in [1.54, 1.807) is 0 Å². The molecule has 0 spiro atoms. The number of ether oxygens (including phenoxy) is 3. The third-order valence-corrected chi connectivity index (χ3v) is 6.13. The van der Waals surface area contributed by atoms with Gasteiger partial charge in [0.2, 0.25) is 0 Å². The molecule has 0 aromatic heterocycles. The van der Waals surface area contributed by atoms with Crippen LogP contribution in [-0.4, -0.2) is 34.8 Å². The van der Waals surface area contributed by atoms with Gasteiger partial charge in [0.1, 0.15) is 3.42 Å². The van der Waals surface area contributed by atoms with Gasteiger partial charge in [-0.1, -0.05) is 66.8 Å². The maximum absolute atomic E-state index is 12.4. The van der Waals surface area contributed by atoms with Crippen LogP contribution >= 0.6 is 22.6 Å². The van der Waals surface area contributed by atoms with Crippen LogP contribution in [0.5, 0.6) is 0 Å². The minimum atomic E-state index is -0.670. The van der Waals surface area contributed by atoms with Gasteiger partial charge < -0.3 is 14.2 Å². The molecule has 4 nitrogen and oxygen atoms in total. The van der Waals surface area contributed by atoms with E-state index in [1.807, 2.05) is 32.0 Å². The maximum Gasteiger partial charge on any atom is 0.324 e. The lowest BCUT2D eigenvalue weighted by atomic mass is 9.84. The fourth-order valence-electron chi connectivity index (χ4n) is 3.48. The van der Waals surface area contributed by atoms with Crippen molar-refractivity contribution in [2.75, 3.05) is 13.2 Å². The summed E-state index contributed by atoms with van der Waals surface area (Å²) in [6, 6.07) is 10.2. The number of halogens is 1. The molecule has 1 aromatic carbocycles. The van der Waals surface area contributed by atoms with Gasteiger partial charge in [-0.3, -0.25) is 4.79 Å². The van der Waals surface area contributed by atoms with Gasteiger partial charge in [0.15, 0.2) is 0 Å². The summed E-state index contributed by atoms with van der Waals surface area (Å²) in [5, 5.41) is 0. The Balaban J connectivity index is 1.90. The predicted octanol–water partition coefficient (Wildman–Crippen LogP) is 4.78. The first-order valence-corrected chi connectivity index (χ1v) is 10.6. The number of alkyl halides is 1. The largest absolute Gasteiger partial charge is 0.465 e. The molecule has 0 radical (unpaired) electrons. The Morgan fingerprint density at radius 3 is 2.69 bits per heavy atom. The smallest absolute Gasteiger partial charge is 0.324 e. The Hall–Kier alpha value is -0.660. The minimum Gasteiger partial charge on any atom is -0.465 e. The lowest BCUT2D eigenvalue weighted by Crippen LogP contribution is -2.52. The molecular weight excluding hydrogens is 443 g/mol. The average Bonchev–Trinajstić information content (AvgIpc) is 2.63. The highest BCUT2D eigenvalue weighted by Gasteiger charge is 2.47. The van der Waals surface area contributed by atoms with Crippen molar-refractivity contribution in [1.82, 2.24) is 0 Å². The summed E-state index contributed by atoms with van der Waals surface area (Å²) in [6.45, 7) is 9.75. The summed E-state index contributed by atoms with van der Waals surface area (Å²) in [5.41, 5.74) is 1.18. The molecule has 2 rings (SSSR count). The highest BCUT2D eigenvalue weighted by Crippen LogP contribution is 2.39. The van der Waals surface area contributed by atoms with E-state index in [0.29, 0.717) is 25.7 Å². The van der Waals surface area contributed by atoms with Crippen LogP contribution in [-0.2, 0) is 25.6 Å². The molecule has 1 fully saturated rings. The van der Waals surface area contributed by atoms with Gasteiger partial charge in [0.05, 0.1) is 32.0 Å². The first-order valence-electron chi connectivity index (χ1n) is 9.49. The molecule has 5 atom stereocenters. The number of hydrogen-bond donors (Lipinski definition) is 0. The van der Waals surface area contributed by atoms with E-state index in [1.165, 1.54) is 5.56 Å². The van der Waals surface area contributed by atoms with Gasteiger partial charge in [-0.05, 0) is 38.2 Å². The normalized spacial score (nSPS) is 26.7. The van der Waals surface area contributed by atoms with Crippen LogP contribution < -0.4 is 0 Å². The molecule has 26 heavy (non-hydrogen) atoms. The molecule has 146 valence electrons. The Bertz CT molecular complexity index is 560. The van der Waals surface area contributed by atoms with E-state index in [9.17, 15) is 4.79 Å².